The fourth-order valence-corrected chi connectivity index (χ4v) is 11.1. The molecule has 0 aliphatic heterocycles. The van der Waals surface area contributed by atoms with Gasteiger partial charge in [-0.1, -0.05) is 346 Å². The Morgan fingerprint density at radius 1 is 0.247 bits per heavy atom. The van der Waals surface area contributed by atoms with Crippen molar-refractivity contribution < 1.29 is 28.6 Å². The van der Waals surface area contributed by atoms with E-state index in [0.29, 0.717) is 19.3 Å². The van der Waals surface area contributed by atoms with Crippen LogP contribution in [0, 0.1) is 0 Å². The Bertz CT molecular complexity index is 1350. The van der Waals surface area contributed by atoms with Crippen LogP contribution in [0.4, 0.5) is 0 Å². The Hall–Kier alpha value is -2.37. The molecule has 0 aliphatic carbocycles. The van der Waals surface area contributed by atoms with Gasteiger partial charge in [0, 0.05) is 19.3 Å². The van der Waals surface area contributed by atoms with Crippen LogP contribution in [0.15, 0.2) is 36.5 Å². The molecule has 0 aliphatic rings. The molecule has 6 heteroatoms. The SMILES string of the molecule is CCCCC/C=C\C/C=C\CCCCCCCCCC(=O)OC(COC(=O)CCCCCCC/C=C\CCCCCCCCC)COC(=O)CCCCCCCCCCCCCCCCCCCCCCCCCCCCCCCC. The number of ether oxygens (including phenoxy) is 3. The van der Waals surface area contributed by atoms with Crippen LogP contribution in [0.2, 0.25) is 0 Å². The van der Waals surface area contributed by atoms with Gasteiger partial charge in [0.25, 0.3) is 0 Å². The molecular weight excluding hydrogens is 997 g/mol. The van der Waals surface area contributed by atoms with E-state index in [1.807, 2.05) is 0 Å². The molecule has 0 saturated carbocycles. The Morgan fingerprint density at radius 3 is 0.716 bits per heavy atom. The third-order valence-corrected chi connectivity index (χ3v) is 16.6. The Labute approximate surface area is 506 Å². The van der Waals surface area contributed by atoms with Gasteiger partial charge in [0.05, 0.1) is 0 Å². The number of allylic oxidation sites excluding steroid dienone is 6. The monoisotopic (exact) mass is 1140 g/mol. The normalized spacial score (nSPS) is 12.2. The van der Waals surface area contributed by atoms with Crippen molar-refractivity contribution in [3.8, 4) is 0 Å². The summed E-state index contributed by atoms with van der Waals surface area (Å²) in [5.41, 5.74) is 0. The van der Waals surface area contributed by atoms with Crippen LogP contribution < -0.4 is 0 Å². The first-order valence-corrected chi connectivity index (χ1v) is 36.5. The molecule has 0 saturated heterocycles. The molecule has 0 radical (unpaired) electrons. The van der Waals surface area contributed by atoms with E-state index in [1.165, 1.54) is 289 Å². The number of carbonyl (C=O) groups excluding carboxylic acids is 3. The molecule has 0 bridgehead atoms. The van der Waals surface area contributed by atoms with E-state index in [4.69, 9.17) is 14.2 Å². The molecule has 1 atom stereocenters. The summed E-state index contributed by atoms with van der Waals surface area (Å²) in [5.74, 6) is -0.862. The van der Waals surface area contributed by atoms with Gasteiger partial charge < -0.3 is 14.2 Å². The second-order valence-corrected chi connectivity index (χ2v) is 24.9. The molecule has 0 fully saturated rings. The minimum absolute atomic E-state index is 0.0735. The van der Waals surface area contributed by atoms with E-state index in [9.17, 15) is 14.4 Å². The third-order valence-electron chi connectivity index (χ3n) is 16.6. The topological polar surface area (TPSA) is 78.9 Å². The van der Waals surface area contributed by atoms with E-state index < -0.39 is 6.10 Å². The molecule has 0 spiro atoms. The lowest BCUT2D eigenvalue weighted by molar-refractivity contribution is -0.167. The second kappa shape index (κ2) is 70.1. The van der Waals surface area contributed by atoms with Crippen LogP contribution in [0.25, 0.3) is 0 Å². The van der Waals surface area contributed by atoms with Crippen molar-refractivity contribution in [3.63, 3.8) is 0 Å². The summed E-state index contributed by atoms with van der Waals surface area (Å²) in [5, 5.41) is 0. The van der Waals surface area contributed by atoms with E-state index in [2.05, 4.69) is 57.2 Å². The van der Waals surface area contributed by atoms with Gasteiger partial charge in [0.1, 0.15) is 13.2 Å². The number of rotatable bonds is 68. The van der Waals surface area contributed by atoms with Crippen molar-refractivity contribution in [2.75, 3.05) is 13.2 Å². The van der Waals surface area contributed by atoms with Gasteiger partial charge in [-0.15, -0.1) is 0 Å². The molecule has 0 rings (SSSR count). The molecule has 0 heterocycles. The van der Waals surface area contributed by atoms with Crippen LogP contribution in [-0.2, 0) is 28.6 Å². The lowest BCUT2D eigenvalue weighted by atomic mass is 10.0. The maximum absolute atomic E-state index is 12.9. The van der Waals surface area contributed by atoms with E-state index in [1.54, 1.807) is 0 Å². The standard InChI is InChI=1S/C75H140O6/c1-4-7-10-13-16-19-22-25-28-31-32-33-34-35-36-37-38-39-40-41-42-43-45-47-50-53-56-59-62-65-68-74(77)80-71-72(70-79-73(76)67-64-61-58-55-52-49-46-30-27-24-21-18-15-12-9-6-3)81-75(78)69-66-63-60-57-54-51-48-44-29-26-23-20-17-14-11-8-5-2/h17,20,26,29-30,46,72H,4-16,18-19,21-25,27-28,31-45,47-71H2,1-3H3/b20-17-,29-26-,46-30-. The predicted molar refractivity (Wildman–Crippen MR) is 353 cm³/mol. The lowest BCUT2D eigenvalue weighted by Crippen LogP contribution is -2.30. The quantitative estimate of drug-likeness (QED) is 0.0261. The van der Waals surface area contributed by atoms with Crippen LogP contribution in [0.5, 0.6) is 0 Å². The van der Waals surface area contributed by atoms with E-state index in [0.717, 1.165) is 77.0 Å². The molecule has 0 aromatic carbocycles. The van der Waals surface area contributed by atoms with Gasteiger partial charge in [0.2, 0.25) is 0 Å². The van der Waals surface area contributed by atoms with Gasteiger partial charge in [-0.05, 0) is 77.0 Å². The molecular formula is C75H140O6. The molecule has 6 nitrogen and oxygen atoms in total. The van der Waals surface area contributed by atoms with Crippen LogP contribution in [0.1, 0.15) is 406 Å². The van der Waals surface area contributed by atoms with E-state index >= 15 is 0 Å². The number of unbranched alkanes of at least 4 members (excludes halogenated alkanes) is 51. The summed E-state index contributed by atoms with van der Waals surface area (Å²) >= 11 is 0. The Kier molecular flexibility index (Phi) is 68.1. The zero-order chi connectivity index (χ0) is 58.5. The zero-order valence-corrected chi connectivity index (χ0v) is 54.8. The average Bonchev–Trinajstić information content (AvgIpc) is 3.47. The lowest BCUT2D eigenvalue weighted by Gasteiger charge is -2.18. The molecule has 0 N–H and O–H groups in total. The minimum Gasteiger partial charge on any atom is -0.462 e. The molecule has 0 aromatic rings. The van der Waals surface area contributed by atoms with Crippen molar-refractivity contribution >= 4 is 17.9 Å². The van der Waals surface area contributed by atoms with E-state index in [-0.39, 0.29) is 31.1 Å². The second-order valence-electron chi connectivity index (χ2n) is 24.9. The Balaban J connectivity index is 4.19. The summed E-state index contributed by atoms with van der Waals surface area (Å²) in [6.07, 6.45) is 87.6. The predicted octanol–water partition coefficient (Wildman–Crippen LogP) is 25.1. The van der Waals surface area contributed by atoms with Gasteiger partial charge in [-0.3, -0.25) is 14.4 Å². The highest BCUT2D eigenvalue weighted by Crippen LogP contribution is 2.19. The highest BCUT2D eigenvalue weighted by Gasteiger charge is 2.19. The van der Waals surface area contributed by atoms with Crippen molar-refractivity contribution in [2.45, 2.75) is 412 Å². The van der Waals surface area contributed by atoms with Gasteiger partial charge >= 0.3 is 17.9 Å². The molecule has 0 amide bonds. The summed E-state index contributed by atoms with van der Waals surface area (Å²) in [6, 6.07) is 0. The minimum atomic E-state index is -0.779. The fraction of sp³-hybridized carbons (Fsp3) is 0.880. The first kappa shape index (κ1) is 78.6. The van der Waals surface area contributed by atoms with Gasteiger partial charge in [0.15, 0.2) is 6.10 Å². The highest BCUT2D eigenvalue weighted by atomic mass is 16.6. The van der Waals surface area contributed by atoms with Gasteiger partial charge in [-0.25, -0.2) is 0 Å². The third kappa shape index (κ3) is 68.3. The summed E-state index contributed by atoms with van der Waals surface area (Å²) in [7, 11) is 0. The number of hydrogen-bond donors (Lipinski definition) is 0. The van der Waals surface area contributed by atoms with Crippen molar-refractivity contribution in [2.24, 2.45) is 0 Å². The zero-order valence-electron chi connectivity index (χ0n) is 54.8. The van der Waals surface area contributed by atoms with Crippen molar-refractivity contribution in [1.82, 2.24) is 0 Å². The smallest absolute Gasteiger partial charge is 0.306 e. The largest absolute Gasteiger partial charge is 0.462 e. The highest BCUT2D eigenvalue weighted by molar-refractivity contribution is 5.71. The maximum Gasteiger partial charge on any atom is 0.306 e. The molecule has 1 unspecified atom stereocenters. The first-order chi connectivity index (χ1) is 40.0. The number of esters is 3. The molecule has 0 aromatic heterocycles. The Morgan fingerprint density at radius 2 is 0.444 bits per heavy atom. The maximum atomic E-state index is 12.9. The summed E-state index contributed by atoms with van der Waals surface area (Å²) in [6.45, 7) is 6.67. The fourth-order valence-electron chi connectivity index (χ4n) is 11.1. The van der Waals surface area contributed by atoms with Crippen LogP contribution in [-0.4, -0.2) is 37.2 Å². The number of carbonyl (C=O) groups is 3. The van der Waals surface area contributed by atoms with Crippen LogP contribution >= 0.6 is 0 Å². The molecule has 81 heavy (non-hydrogen) atoms. The average molecular weight is 1140 g/mol. The summed E-state index contributed by atoms with van der Waals surface area (Å²) < 4.78 is 17.0. The number of hydrogen-bond acceptors (Lipinski definition) is 6. The van der Waals surface area contributed by atoms with Gasteiger partial charge in [-0.2, -0.15) is 0 Å². The van der Waals surface area contributed by atoms with Crippen LogP contribution in [0.3, 0.4) is 0 Å². The van der Waals surface area contributed by atoms with Crippen molar-refractivity contribution in [3.05, 3.63) is 36.5 Å². The first-order valence-electron chi connectivity index (χ1n) is 36.5. The van der Waals surface area contributed by atoms with Crippen molar-refractivity contribution in [1.29, 1.82) is 0 Å². The molecule has 476 valence electrons. The summed E-state index contributed by atoms with van der Waals surface area (Å²) in [4.78, 5) is 38.4.